The molecule has 2 fully saturated rings. The fourth-order valence-electron chi connectivity index (χ4n) is 3.31. The van der Waals surface area contributed by atoms with Crippen LogP contribution in [0.25, 0.3) is 0 Å². The second-order valence-corrected chi connectivity index (χ2v) is 7.27. The summed E-state index contributed by atoms with van der Waals surface area (Å²) in [5.74, 6) is 0.707. The van der Waals surface area contributed by atoms with Crippen molar-refractivity contribution in [2.45, 2.75) is 45.1 Å². The average Bonchev–Trinajstić information content (AvgIpc) is 2.60. The zero-order valence-corrected chi connectivity index (χ0v) is 15.2. The quantitative estimate of drug-likeness (QED) is 0.825. The summed E-state index contributed by atoms with van der Waals surface area (Å²) in [6, 6.07) is 7.88. The molecule has 1 atom stereocenters. The number of rotatable bonds is 5. The van der Waals surface area contributed by atoms with Crippen molar-refractivity contribution in [1.29, 1.82) is 0 Å². The van der Waals surface area contributed by atoms with Gasteiger partial charge in [0.25, 0.3) is 5.91 Å². The van der Waals surface area contributed by atoms with Gasteiger partial charge in [-0.3, -0.25) is 9.59 Å². The number of amides is 2. The van der Waals surface area contributed by atoms with E-state index in [0.29, 0.717) is 38.5 Å². The maximum Gasteiger partial charge on any atom is 0.253 e. The number of hydrogen-bond acceptors (Lipinski definition) is 3. The Morgan fingerprint density at radius 3 is 2.20 bits per heavy atom. The van der Waals surface area contributed by atoms with E-state index >= 15 is 0 Å². The smallest absolute Gasteiger partial charge is 0.253 e. The Morgan fingerprint density at radius 1 is 1.08 bits per heavy atom. The summed E-state index contributed by atoms with van der Waals surface area (Å²) >= 11 is 0. The molecule has 2 aliphatic heterocycles. The summed E-state index contributed by atoms with van der Waals surface area (Å²) in [7, 11) is 0. The maximum atomic E-state index is 12.6. The second kappa shape index (κ2) is 8.00. The van der Waals surface area contributed by atoms with Crippen LogP contribution in [0.5, 0.6) is 0 Å². The van der Waals surface area contributed by atoms with Gasteiger partial charge in [-0.25, -0.2) is 0 Å². The molecule has 2 amide bonds. The molecule has 5 heteroatoms. The Hall–Kier alpha value is -1.88. The molecule has 2 aliphatic rings. The number of carbonyl (C=O) groups excluding carboxylic acids is 2. The third-order valence-electron chi connectivity index (χ3n) is 5.22. The van der Waals surface area contributed by atoms with Crippen LogP contribution in [0.2, 0.25) is 0 Å². The molecule has 0 bridgehead atoms. The number of piperazine rings is 1. The fraction of sp³-hybridized carbons (Fsp3) is 0.600. The SMILES string of the molecule is CC(C)c1ccc(C(=O)N2CCN(C(=O)CCC3CCO3)CC2)cc1. The molecule has 0 radical (unpaired) electrons. The predicted octanol–water partition coefficient (Wildman–Crippen LogP) is 2.66. The molecule has 3 rings (SSSR count). The summed E-state index contributed by atoms with van der Waals surface area (Å²) < 4.78 is 5.37. The number of carbonyl (C=O) groups is 2. The molecule has 0 aliphatic carbocycles. The van der Waals surface area contributed by atoms with E-state index in [4.69, 9.17) is 4.74 Å². The van der Waals surface area contributed by atoms with Gasteiger partial charge < -0.3 is 14.5 Å². The molecule has 0 saturated carbocycles. The van der Waals surface area contributed by atoms with Gasteiger partial charge in [0, 0.05) is 44.8 Å². The van der Waals surface area contributed by atoms with E-state index in [9.17, 15) is 9.59 Å². The molecule has 0 spiro atoms. The summed E-state index contributed by atoms with van der Waals surface area (Å²) in [4.78, 5) is 28.6. The highest BCUT2D eigenvalue weighted by Crippen LogP contribution is 2.18. The Kier molecular flexibility index (Phi) is 5.74. The fourth-order valence-corrected chi connectivity index (χ4v) is 3.31. The third kappa shape index (κ3) is 4.40. The molecular formula is C20H28N2O3. The minimum atomic E-state index is 0.0604. The summed E-state index contributed by atoms with van der Waals surface area (Å²) in [5.41, 5.74) is 1.97. The number of nitrogens with zero attached hydrogens (tertiary/aromatic N) is 2. The standard InChI is InChI=1S/C20H28N2O3/c1-15(2)16-3-5-17(6-4-16)20(24)22-12-10-21(11-13-22)19(23)8-7-18-9-14-25-18/h3-6,15,18H,7-14H2,1-2H3. The van der Waals surface area contributed by atoms with Crippen molar-refractivity contribution in [3.05, 3.63) is 35.4 Å². The van der Waals surface area contributed by atoms with Gasteiger partial charge in [0.15, 0.2) is 0 Å². The first-order valence-electron chi connectivity index (χ1n) is 9.33. The van der Waals surface area contributed by atoms with Crippen LogP contribution in [0, 0.1) is 0 Å². The van der Waals surface area contributed by atoms with E-state index in [1.165, 1.54) is 5.56 Å². The van der Waals surface area contributed by atoms with Gasteiger partial charge >= 0.3 is 0 Å². The molecule has 0 aromatic heterocycles. The first kappa shape index (κ1) is 17.9. The number of hydrogen-bond donors (Lipinski definition) is 0. The van der Waals surface area contributed by atoms with Crippen LogP contribution >= 0.6 is 0 Å². The molecule has 136 valence electrons. The lowest BCUT2D eigenvalue weighted by Crippen LogP contribution is -2.50. The van der Waals surface area contributed by atoms with Crippen molar-refractivity contribution in [2.75, 3.05) is 32.8 Å². The molecule has 2 heterocycles. The van der Waals surface area contributed by atoms with Crippen LogP contribution < -0.4 is 0 Å². The van der Waals surface area contributed by atoms with Crippen molar-refractivity contribution >= 4 is 11.8 Å². The first-order valence-corrected chi connectivity index (χ1v) is 9.33. The topological polar surface area (TPSA) is 49.9 Å². The van der Waals surface area contributed by atoms with Crippen molar-refractivity contribution in [3.63, 3.8) is 0 Å². The van der Waals surface area contributed by atoms with Crippen molar-refractivity contribution in [3.8, 4) is 0 Å². The van der Waals surface area contributed by atoms with E-state index < -0.39 is 0 Å². The van der Waals surface area contributed by atoms with Gasteiger partial charge in [0.1, 0.15) is 0 Å². The molecular weight excluding hydrogens is 316 g/mol. The largest absolute Gasteiger partial charge is 0.378 e. The number of benzene rings is 1. The van der Waals surface area contributed by atoms with Crippen molar-refractivity contribution in [2.24, 2.45) is 0 Å². The van der Waals surface area contributed by atoms with Crippen LogP contribution in [0.15, 0.2) is 24.3 Å². The summed E-state index contributed by atoms with van der Waals surface area (Å²) in [6.45, 7) is 7.58. The minimum Gasteiger partial charge on any atom is -0.378 e. The number of ether oxygens (including phenoxy) is 1. The van der Waals surface area contributed by atoms with Gasteiger partial charge in [-0.05, 0) is 36.5 Å². The highest BCUT2D eigenvalue weighted by atomic mass is 16.5. The minimum absolute atomic E-state index is 0.0604. The second-order valence-electron chi connectivity index (χ2n) is 7.27. The van der Waals surface area contributed by atoms with E-state index in [0.717, 1.165) is 25.0 Å². The maximum absolute atomic E-state index is 12.6. The monoisotopic (exact) mass is 344 g/mol. The Bertz CT molecular complexity index is 600. The van der Waals surface area contributed by atoms with Gasteiger partial charge in [-0.2, -0.15) is 0 Å². The average molecular weight is 344 g/mol. The lowest BCUT2D eigenvalue weighted by Gasteiger charge is -2.35. The van der Waals surface area contributed by atoms with Crippen LogP contribution in [-0.2, 0) is 9.53 Å². The highest BCUT2D eigenvalue weighted by Gasteiger charge is 2.26. The van der Waals surface area contributed by atoms with Crippen LogP contribution in [0.3, 0.4) is 0 Å². The van der Waals surface area contributed by atoms with Crippen molar-refractivity contribution < 1.29 is 14.3 Å². The van der Waals surface area contributed by atoms with E-state index in [-0.39, 0.29) is 17.9 Å². The molecule has 25 heavy (non-hydrogen) atoms. The Labute approximate surface area is 149 Å². The Morgan fingerprint density at radius 2 is 1.68 bits per heavy atom. The molecule has 2 saturated heterocycles. The van der Waals surface area contributed by atoms with Crippen molar-refractivity contribution in [1.82, 2.24) is 9.80 Å². The van der Waals surface area contributed by atoms with Gasteiger partial charge in [-0.15, -0.1) is 0 Å². The zero-order chi connectivity index (χ0) is 17.8. The molecule has 1 aromatic rings. The predicted molar refractivity (Wildman–Crippen MR) is 96.6 cm³/mol. The summed E-state index contributed by atoms with van der Waals surface area (Å²) in [6.07, 6.45) is 2.72. The lowest BCUT2D eigenvalue weighted by molar-refractivity contribution is -0.134. The highest BCUT2D eigenvalue weighted by molar-refractivity contribution is 5.94. The van der Waals surface area contributed by atoms with E-state index in [1.54, 1.807) is 0 Å². The molecule has 1 unspecified atom stereocenters. The third-order valence-corrected chi connectivity index (χ3v) is 5.22. The summed E-state index contributed by atoms with van der Waals surface area (Å²) in [5, 5.41) is 0. The van der Waals surface area contributed by atoms with E-state index in [1.807, 2.05) is 34.1 Å². The first-order chi connectivity index (χ1) is 12.0. The van der Waals surface area contributed by atoms with E-state index in [2.05, 4.69) is 13.8 Å². The molecule has 5 nitrogen and oxygen atoms in total. The van der Waals surface area contributed by atoms with Crippen LogP contribution in [-0.4, -0.2) is 60.5 Å². The Balaban J connectivity index is 1.47. The normalized spacial score (nSPS) is 20.5. The van der Waals surface area contributed by atoms with Gasteiger partial charge in [0.2, 0.25) is 5.91 Å². The molecule has 1 aromatic carbocycles. The molecule has 0 N–H and O–H groups in total. The van der Waals surface area contributed by atoms with Gasteiger partial charge in [-0.1, -0.05) is 26.0 Å². The zero-order valence-electron chi connectivity index (χ0n) is 15.2. The lowest BCUT2D eigenvalue weighted by atomic mass is 10.0. The van der Waals surface area contributed by atoms with Crippen LogP contribution in [0.4, 0.5) is 0 Å². The van der Waals surface area contributed by atoms with Crippen LogP contribution in [0.1, 0.15) is 54.9 Å². The van der Waals surface area contributed by atoms with Gasteiger partial charge in [0.05, 0.1) is 6.10 Å².